The third-order valence-corrected chi connectivity index (χ3v) is 3.49. The van der Waals surface area contributed by atoms with E-state index in [0.717, 1.165) is 24.4 Å². The maximum Gasteiger partial charge on any atom is 0.225 e. The van der Waals surface area contributed by atoms with Crippen molar-refractivity contribution in [1.82, 2.24) is 10.2 Å². The normalized spacial score (nSPS) is 18.3. The van der Waals surface area contributed by atoms with Crippen molar-refractivity contribution in [2.24, 2.45) is 0 Å². The summed E-state index contributed by atoms with van der Waals surface area (Å²) in [6, 6.07) is 7.86. The highest BCUT2D eigenvalue weighted by Gasteiger charge is 2.19. The van der Waals surface area contributed by atoms with Crippen molar-refractivity contribution in [1.29, 1.82) is 0 Å². The van der Waals surface area contributed by atoms with Crippen molar-refractivity contribution in [3.8, 4) is 5.75 Å². The van der Waals surface area contributed by atoms with E-state index in [1.54, 1.807) is 4.90 Å². The molecule has 1 aromatic carbocycles. The van der Waals surface area contributed by atoms with E-state index in [1.807, 2.05) is 38.2 Å². The summed E-state index contributed by atoms with van der Waals surface area (Å²) in [6.45, 7) is 5.52. The van der Waals surface area contributed by atoms with Gasteiger partial charge in [-0.05, 0) is 24.6 Å². The van der Waals surface area contributed by atoms with E-state index in [0.29, 0.717) is 26.2 Å². The minimum atomic E-state index is -0.00553. The summed E-state index contributed by atoms with van der Waals surface area (Å²) in [5.41, 5.74) is 1.09. The second-order valence-electron chi connectivity index (χ2n) is 5.23. The van der Waals surface area contributed by atoms with Crippen molar-refractivity contribution < 1.29 is 14.3 Å². The highest BCUT2D eigenvalue weighted by Crippen LogP contribution is 2.14. The average molecular weight is 292 g/mol. The lowest BCUT2D eigenvalue weighted by molar-refractivity contribution is -0.133. The lowest BCUT2D eigenvalue weighted by Crippen LogP contribution is -2.41. The largest absolute Gasteiger partial charge is 0.494 e. The van der Waals surface area contributed by atoms with Gasteiger partial charge in [0.25, 0.3) is 0 Å². The third-order valence-electron chi connectivity index (χ3n) is 3.49. The van der Waals surface area contributed by atoms with Crippen LogP contribution in [0.5, 0.6) is 5.75 Å². The minimum Gasteiger partial charge on any atom is -0.494 e. The van der Waals surface area contributed by atoms with Gasteiger partial charge in [-0.15, -0.1) is 0 Å². The summed E-state index contributed by atoms with van der Waals surface area (Å²) in [4.78, 5) is 13.9. The Morgan fingerprint density at radius 3 is 2.81 bits per heavy atom. The van der Waals surface area contributed by atoms with Crippen molar-refractivity contribution in [3.63, 3.8) is 0 Å². The van der Waals surface area contributed by atoms with E-state index in [1.165, 1.54) is 0 Å². The molecule has 5 nitrogen and oxygen atoms in total. The molecule has 0 aromatic heterocycles. The Hall–Kier alpha value is -1.59. The molecule has 1 aromatic rings. The summed E-state index contributed by atoms with van der Waals surface area (Å²) in [5.74, 6) is 0.967. The number of benzene rings is 1. The number of hydrogen-bond donors (Lipinski definition) is 1. The van der Waals surface area contributed by atoms with Crippen molar-refractivity contribution in [3.05, 3.63) is 29.8 Å². The van der Waals surface area contributed by atoms with Crippen LogP contribution in [-0.2, 0) is 16.1 Å². The zero-order valence-corrected chi connectivity index (χ0v) is 12.8. The topological polar surface area (TPSA) is 50.8 Å². The van der Waals surface area contributed by atoms with Gasteiger partial charge in [-0.2, -0.15) is 0 Å². The van der Waals surface area contributed by atoms with Gasteiger partial charge in [-0.25, -0.2) is 0 Å². The van der Waals surface area contributed by atoms with Gasteiger partial charge in [0.2, 0.25) is 5.91 Å². The molecule has 0 saturated carbocycles. The number of ether oxygens (including phenoxy) is 2. The number of hydrogen-bond acceptors (Lipinski definition) is 4. The van der Waals surface area contributed by atoms with Crippen LogP contribution >= 0.6 is 0 Å². The Morgan fingerprint density at radius 1 is 1.43 bits per heavy atom. The fraction of sp³-hybridized carbons (Fsp3) is 0.562. The van der Waals surface area contributed by atoms with Crippen LogP contribution in [0.4, 0.5) is 0 Å². The van der Waals surface area contributed by atoms with Crippen LogP contribution in [0.3, 0.4) is 0 Å². The van der Waals surface area contributed by atoms with Crippen LogP contribution in [-0.4, -0.2) is 50.3 Å². The molecule has 0 bridgehead atoms. The zero-order valence-electron chi connectivity index (χ0n) is 12.8. The summed E-state index contributed by atoms with van der Waals surface area (Å²) >= 11 is 0. The molecule has 5 heteroatoms. The number of rotatable bonds is 6. The summed E-state index contributed by atoms with van der Waals surface area (Å²) in [6.07, 6.45) is 0.426. The maximum absolute atomic E-state index is 12.2. The van der Waals surface area contributed by atoms with Gasteiger partial charge in [-0.3, -0.25) is 4.79 Å². The first-order valence-electron chi connectivity index (χ1n) is 7.47. The molecule has 1 N–H and O–H groups in total. The molecular weight excluding hydrogens is 268 g/mol. The summed E-state index contributed by atoms with van der Waals surface area (Å²) in [5, 5.41) is 3.24. The van der Waals surface area contributed by atoms with Crippen molar-refractivity contribution >= 4 is 5.91 Å². The molecule has 1 fully saturated rings. The van der Waals surface area contributed by atoms with Gasteiger partial charge in [0.15, 0.2) is 0 Å². The first-order chi connectivity index (χ1) is 10.2. The lowest BCUT2D eigenvalue weighted by atomic mass is 10.1. The van der Waals surface area contributed by atoms with E-state index >= 15 is 0 Å². The van der Waals surface area contributed by atoms with E-state index in [9.17, 15) is 4.79 Å². The molecule has 1 unspecified atom stereocenters. The van der Waals surface area contributed by atoms with Crippen LogP contribution in [0, 0.1) is 0 Å². The van der Waals surface area contributed by atoms with Gasteiger partial charge < -0.3 is 19.7 Å². The van der Waals surface area contributed by atoms with Crippen LogP contribution in [0.2, 0.25) is 0 Å². The van der Waals surface area contributed by atoms with Crippen LogP contribution in [0.25, 0.3) is 0 Å². The zero-order chi connectivity index (χ0) is 15.1. The molecule has 0 radical (unpaired) electrons. The molecule has 1 atom stereocenters. The summed E-state index contributed by atoms with van der Waals surface area (Å²) in [7, 11) is 1.83. The molecule has 1 aliphatic heterocycles. The highest BCUT2D eigenvalue weighted by molar-refractivity contribution is 5.76. The van der Waals surface area contributed by atoms with Gasteiger partial charge >= 0.3 is 0 Å². The Kier molecular flexibility index (Phi) is 6.02. The van der Waals surface area contributed by atoms with Gasteiger partial charge in [-0.1, -0.05) is 12.1 Å². The second-order valence-corrected chi connectivity index (χ2v) is 5.23. The second kappa shape index (κ2) is 8.00. The SMILES string of the molecule is CCOc1ccc(CN(C)C(=O)CC2CNCCO2)cc1. The van der Waals surface area contributed by atoms with Gasteiger partial charge in [0.1, 0.15) is 5.75 Å². The molecule has 0 aliphatic carbocycles. The molecule has 1 amide bonds. The smallest absolute Gasteiger partial charge is 0.225 e. The van der Waals surface area contributed by atoms with E-state index < -0.39 is 0 Å². The van der Waals surface area contributed by atoms with Crippen LogP contribution < -0.4 is 10.1 Å². The first-order valence-corrected chi connectivity index (χ1v) is 7.47. The number of carbonyl (C=O) groups is 1. The Morgan fingerprint density at radius 2 is 2.19 bits per heavy atom. The number of morpholine rings is 1. The molecule has 21 heavy (non-hydrogen) atoms. The minimum absolute atomic E-state index is 0.00553. The van der Waals surface area contributed by atoms with E-state index in [-0.39, 0.29) is 12.0 Å². The molecule has 1 aliphatic rings. The molecule has 116 valence electrons. The highest BCUT2D eigenvalue weighted by atomic mass is 16.5. The fourth-order valence-electron chi connectivity index (χ4n) is 2.32. The average Bonchev–Trinajstić information content (AvgIpc) is 2.50. The molecule has 1 saturated heterocycles. The van der Waals surface area contributed by atoms with Gasteiger partial charge in [0, 0.05) is 26.7 Å². The quantitative estimate of drug-likeness (QED) is 0.861. The lowest BCUT2D eigenvalue weighted by Gasteiger charge is -2.25. The van der Waals surface area contributed by atoms with Crippen LogP contribution in [0.1, 0.15) is 18.9 Å². The molecule has 2 rings (SSSR count). The number of nitrogens with zero attached hydrogens (tertiary/aromatic N) is 1. The molecular formula is C16H24N2O3. The predicted octanol–water partition coefficient (Wildman–Crippen LogP) is 1.42. The Balaban J connectivity index is 1.81. The third kappa shape index (κ3) is 5.02. The van der Waals surface area contributed by atoms with Gasteiger partial charge in [0.05, 0.1) is 25.7 Å². The predicted molar refractivity (Wildman–Crippen MR) is 81.3 cm³/mol. The number of amides is 1. The maximum atomic E-state index is 12.2. The number of nitrogens with one attached hydrogen (secondary N) is 1. The molecule has 1 heterocycles. The van der Waals surface area contributed by atoms with E-state index in [4.69, 9.17) is 9.47 Å². The number of carbonyl (C=O) groups excluding carboxylic acids is 1. The Labute approximate surface area is 126 Å². The summed E-state index contributed by atoms with van der Waals surface area (Å²) < 4.78 is 11.0. The van der Waals surface area contributed by atoms with Crippen molar-refractivity contribution in [2.45, 2.75) is 26.0 Å². The molecule has 0 spiro atoms. The Bertz CT molecular complexity index is 441. The van der Waals surface area contributed by atoms with Crippen LogP contribution in [0.15, 0.2) is 24.3 Å². The van der Waals surface area contributed by atoms with Crippen molar-refractivity contribution in [2.75, 3.05) is 33.4 Å². The van der Waals surface area contributed by atoms with E-state index in [2.05, 4.69) is 5.32 Å². The fourth-order valence-corrected chi connectivity index (χ4v) is 2.32. The standard InChI is InChI=1S/C16H24N2O3/c1-3-20-14-6-4-13(5-7-14)12-18(2)16(19)10-15-11-17-8-9-21-15/h4-7,15,17H,3,8-12H2,1-2H3. The monoisotopic (exact) mass is 292 g/mol. The first kappa shape index (κ1) is 15.8.